The molecule has 0 aliphatic carbocycles. The molecule has 0 aromatic heterocycles. The molecule has 1 amide bonds. The number of amides is 1. The van der Waals surface area contributed by atoms with Gasteiger partial charge < -0.3 is 15.0 Å². The monoisotopic (exact) mass is 493 g/mol. The van der Waals surface area contributed by atoms with Crippen molar-refractivity contribution in [2.45, 2.75) is 30.7 Å². The molecule has 4 rings (SSSR count). The molecule has 3 aromatic rings. The molecule has 184 valence electrons. The largest absolute Gasteiger partial charge is 0.497 e. The number of ether oxygens (including phenoxy) is 1. The minimum absolute atomic E-state index is 0.0347. The first kappa shape index (κ1) is 24.6. The third-order valence-electron chi connectivity index (χ3n) is 6.42. The average Bonchev–Trinajstić information content (AvgIpc) is 2.89. The Hall–Kier alpha value is -3.52. The number of hydrogen-bond donors (Lipinski definition) is 1. The summed E-state index contributed by atoms with van der Waals surface area (Å²) in [7, 11) is -0.633. The molecule has 0 radical (unpaired) electrons. The number of sulfonamides is 1. The minimum Gasteiger partial charge on any atom is -0.497 e. The van der Waals surface area contributed by atoms with Crippen molar-refractivity contribution in [1.82, 2.24) is 5.32 Å². The van der Waals surface area contributed by atoms with Gasteiger partial charge in [-0.1, -0.05) is 23.8 Å². The standard InChI is InChI=1S/C27H31N3O4S/c1-20-7-9-23(10-8-20)29(2)35(32,33)26-6-4-5-21(19-26)27(31)28-22-15-17-30(18-16-22)24-11-13-25(34-3)14-12-24/h4-14,19,22H,15-18H2,1-3H3,(H,28,31). The molecule has 3 aromatic carbocycles. The number of piperidine rings is 1. The Bertz CT molecular complexity index is 1270. The number of carbonyl (C=O) groups excluding carboxylic acids is 1. The second kappa shape index (κ2) is 10.4. The molecule has 1 fully saturated rings. The molecule has 0 atom stereocenters. The van der Waals surface area contributed by atoms with Crippen molar-refractivity contribution in [2.24, 2.45) is 0 Å². The molecule has 0 bridgehead atoms. The summed E-state index contributed by atoms with van der Waals surface area (Å²) in [5.41, 5.74) is 3.08. The summed E-state index contributed by atoms with van der Waals surface area (Å²) < 4.78 is 32.8. The topological polar surface area (TPSA) is 79.0 Å². The maximum absolute atomic E-state index is 13.2. The summed E-state index contributed by atoms with van der Waals surface area (Å²) in [6.45, 7) is 3.60. The zero-order chi connectivity index (χ0) is 25.0. The molecule has 1 aliphatic rings. The van der Waals surface area contributed by atoms with Crippen molar-refractivity contribution >= 4 is 27.3 Å². The predicted molar refractivity (Wildman–Crippen MR) is 139 cm³/mol. The number of benzene rings is 3. The van der Waals surface area contributed by atoms with Crippen LogP contribution in [0.15, 0.2) is 77.7 Å². The van der Waals surface area contributed by atoms with E-state index in [4.69, 9.17) is 4.74 Å². The number of nitrogens with zero attached hydrogens (tertiary/aromatic N) is 2. The van der Waals surface area contributed by atoms with Crippen LogP contribution in [0, 0.1) is 6.92 Å². The average molecular weight is 494 g/mol. The Morgan fingerprint density at radius 3 is 2.29 bits per heavy atom. The maximum Gasteiger partial charge on any atom is 0.264 e. The van der Waals surface area contributed by atoms with E-state index in [1.165, 1.54) is 23.5 Å². The third-order valence-corrected chi connectivity index (χ3v) is 8.20. The highest BCUT2D eigenvalue weighted by Crippen LogP contribution is 2.25. The van der Waals surface area contributed by atoms with E-state index in [1.807, 2.05) is 43.3 Å². The predicted octanol–water partition coefficient (Wildman–Crippen LogP) is 4.23. The Morgan fingerprint density at radius 2 is 1.66 bits per heavy atom. The van der Waals surface area contributed by atoms with Crippen LogP contribution in [0.25, 0.3) is 0 Å². The Labute approximate surface area is 207 Å². The van der Waals surface area contributed by atoms with Gasteiger partial charge in [0.1, 0.15) is 5.75 Å². The van der Waals surface area contributed by atoms with Gasteiger partial charge in [-0.05, 0) is 74.4 Å². The highest BCUT2D eigenvalue weighted by Gasteiger charge is 2.24. The van der Waals surface area contributed by atoms with Gasteiger partial charge in [0, 0.05) is 37.4 Å². The molecule has 1 N–H and O–H groups in total. The van der Waals surface area contributed by atoms with Crippen molar-refractivity contribution in [1.29, 1.82) is 0 Å². The highest BCUT2D eigenvalue weighted by molar-refractivity contribution is 7.92. The second-order valence-corrected chi connectivity index (χ2v) is 10.7. The van der Waals surface area contributed by atoms with Crippen molar-refractivity contribution < 1.29 is 17.9 Å². The normalized spacial score (nSPS) is 14.4. The van der Waals surface area contributed by atoms with E-state index in [9.17, 15) is 13.2 Å². The van der Waals surface area contributed by atoms with E-state index in [1.54, 1.807) is 31.4 Å². The Kier molecular flexibility index (Phi) is 7.31. The molecule has 0 saturated carbocycles. The number of methoxy groups -OCH3 is 1. The fourth-order valence-corrected chi connectivity index (χ4v) is 5.44. The SMILES string of the molecule is COc1ccc(N2CCC(NC(=O)c3cccc(S(=O)(=O)N(C)c4ccc(C)cc4)c3)CC2)cc1. The smallest absolute Gasteiger partial charge is 0.264 e. The van der Waals surface area contributed by atoms with Gasteiger partial charge >= 0.3 is 0 Å². The number of aryl methyl sites for hydroxylation is 1. The van der Waals surface area contributed by atoms with E-state index in [2.05, 4.69) is 10.2 Å². The molecular weight excluding hydrogens is 462 g/mol. The van der Waals surface area contributed by atoms with Crippen molar-refractivity contribution in [2.75, 3.05) is 36.5 Å². The van der Waals surface area contributed by atoms with Crippen LogP contribution in [0.5, 0.6) is 5.75 Å². The lowest BCUT2D eigenvalue weighted by Gasteiger charge is -2.34. The van der Waals surface area contributed by atoms with Gasteiger partial charge in [-0.3, -0.25) is 9.10 Å². The fraction of sp³-hybridized carbons (Fsp3) is 0.296. The molecular formula is C27H31N3O4S. The summed E-state index contributed by atoms with van der Waals surface area (Å²) in [6.07, 6.45) is 1.62. The van der Waals surface area contributed by atoms with Crippen LogP contribution in [0.2, 0.25) is 0 Å². The van der Waals surface area contributed by atoms with Crippen LogP contribution in [0.1, 0.15) is 28.8 Å². The molecule has 1 aliphatic heterocycles. The molecule has 1 heterocycles. The van der Waals surface area contributed by atoms with Crippen LogP contribution >= 0.6 is 0 Å². The van der Waals surface area contributed by atoms with Crippen molar-refractivity contribution in [3.05, 3.63) is 83.9 Å². The summed E-state index contributed by atoms with van der Waals surface area (Å²) in [5, 5.41) is 3.08. The van der Waals surface area contributed by atoms with Gasteiger partial charge in [0.05, 0.1) is 17.7 Å². The lowest BCUT2D eigenvalue weighted by atomic mass is 10.0. The Morgan fingerprint density at radius 1 is 1.00 bits per heavy atom. The lowest BCUT2D eigenvalue weighted by Crippen LogP contribution is -2.44. The van der Waals surface area contributed by atoms with E-state index < -0.39 is 10.0 Å². The first-order valence-corrected chi connectivity index (χ1v) is 13.1. The number of hydrogen-bond acceptors (Lipinski definition) is 5. The minimum atomic E-state index is -3.80. The number of anilines is 2. The third kappa shape index (κ3) is 5.59. The summed E-state index contributed by atoms with van der Waals surface area (Å²) in [6, 6.07) is 21.5. The van der Waals surface area contributed by atoms with Gasteiger partial charge in [-0.15, -0.1) is 0 Å². The van der Waals surface area contributed by atoms with E-state index in [-0.39, 0.29) is 16.8 Å². The van der Waals surface area contributed by atoms with Gasteiger partial charge in [0.2, 0.25) is 0 Å². The molecule has 0 unspecified atom stereocenters. The van der Waals surface area contributed by atoms with Crippen LogP contribution in [0.3, 0.4) is 0 Å². The van der Waals surface area contributed by atoms with Crippen molar-refractivity contribution in [3.8, 4) is 5.75 Å². The molecule has 35 heavy (non-hydrogen) atoms. The van der Waals surface area contributed by atoms with Crippen LogP contribution in [0.4, 0.5) is 11.4 Å². The van der Waals surface area contributed by atoms with Gasteiger partial charge in [0.15, 0.2) is 0 Å². The first-order chi connectivity index (χ1) is 16.8. The maximum atomic E-state index is 13.2. The summed E-state index contributed by atoms with van der Waals surface area (Å²) in [4.78, 5) is 15.3. The van der Waals surface area contributed by atoms with Crippen molar-refractivity contribution in [3.63, 3.8) is 0 Å². The quantitative estimate of drug-likeness (QED) is 0.533. The first-order valence-electron chi connectivity index (χ1n) is 11.6. The molecule has 8 heteroatoms. The molecule has 1 saturated heterocycles. The Balaban J connectivity index is 1.39. The number of rotatable bonds is 7. The number of nitrogens with one attached hydrogen (secondary N) is 1. The van der Waals surface area contributed by atoms with E-state index in [0.29, 0.717) is 11.3 Å². The number of carbonyl (C=O) groups is 1. The fourth-order valence-electron chi connectivity index (χ4n) is 4.19. The second-order valence-electron chi connectivity index (χ2n) is 8.77. The highest BCUT2D eigenvalue weighted by atomic mass is 32.2. The van der Waals surface area contributed by atoms with Gasteiger partial charge in [0.25, 0.3) is 15.9 Å². The lowest BCUT2D eigenvalue weighted by molar-refractivity contribution is 0.0931. The summed E-state index contributed by atoms with van der Waals surface area (Å²) >= 11 is 0. The molecule has 7 nitrogen and oxygen atoms in total. The molecule has 0 spiro atoms. The van der Waals surface area contributed by atoms with E-state index in [0.717, 1.165) is 42.9 Å². The van der Waals surface area contributed by atoms with Gasteiger partial charge in [-0.25, -0.2) is 8.42 Å². The van der Waals surface area contributed by atoms with Crippen LogP contribution in [-0.2, 0) is 10.0 Å². The zero-order valence-corrected chi connectivity index (χ0v) is 21.1. The van der Waals surface area contributed by atoms with Crippen LogP contribution in [-0.4, -0.2) is 47.6 Å². The summed E-state index contributed by atoms with van der Waals surface area (Å²) in [5.74, 6) is 0.563. The zero-order valence-electron chi connectivity index (χ0n) is 20.3. The van der Waals surface area contributed by atoms with E-state index >= 15 is 0 Å². The van der Waals surface area contributed by atoms with Gasteiger partial charge in [-0.2, -0.15) is 0 Å². The van der Waals surface area contributed by atoms with Crippen LogP contribution < -0.4 is 19.3 Å².